The molecule has 2 fully saturated rings. The third-order valence-corrected chi connectivity index (χ3v) is 4.66. The van der Waals surface area contributed by atoms with Crippen molar-refractivity contribution in [2.24, 2.45) is 0 Å². The summed E-state index contributed by atoms with van der Waals surface area (Å²) in [6.07, 6.45) is 3.60. The van der Waals surface area contributed by atoms with Gasteiger partial charge >= 0.3 is 5.97 Å². The van der Waals surface area contributed by atoms with Crippen molar-refractivity contribution in [1.82, 2.24) is 0 Å². The fraction of sp³-hybridized carbons (Fsp3) is 0.500. The van der Waals surface area contributed by atoms with Crippen LogP contribution in [0.5, 0.6) is 5.75 Å². The van der Waals surface area contributed by atoms with Crippen LogP contribution < -0.4 is 4.74 Å². The largest absolute Gasteiger partial charge is 0.427 e. The van der Waals surface area contributed by atoms with E-state index in [4.69, 9.17) is 4.74 Å². The molecule has 1 N–H and O–H groups in total. The van der Waals surface area contributed by atoms with E-state index in [9.17, 15) is 17.8 Å². The molecule has 0 atom stereocenters. The van der Waals surface area contributed by atoms with E-state index in [1.165, 1.54) is 6.92 Å². The molecule has 0 aliphatic heterocycles. The summed E-state index contributed by atoms with van der Waals surface area (Å²) in [7, 11) is -4.26. The molecular formula is C14H16O5S. The summed E-state index contributed by atoms with van der Waals surface area (Å²) in [5.74, 6) is 0.210. The minimum absolute atomic E-state index is 0.0402. The second-order valence-electron chi connectivity index (χ2n) is 5.55. The van der Waals surface area contributed by atoms with E-state index >= 15 is 0 Å². The summed E-state index contributed by atoms with van der Waals surface area (Å²) in [6, 6.07) is 3.15. The molecule has 2 aliphatic rings. The molecule has 0 bridgehead atoms. The normalized spacial score (nSPS) is 18.9. The highest BCUT2D eigenvalue weighted by Crippen LogP contribution is 2.50. The summed E-state index contributed by atoms with van der Waals surface area (Å²) in [5, 5.41) is 0. The van der Waals surface area contributed by atoms with Crippen LogP contribution in [0.3, 0.4) is 0 Å². The van der Waals surface area contributed by atoms with Crippen molar-refractivity contribution >= 4 is 16.1 Å². The smallest absolute Gasteiger partial charge is 0.308 e. The lowest BCUT2D eigenvalue weighted by Gasteiger charge is -2.14. The summed E-state index contributed by atoms with van der Waals surface area (Å²) in [4.78, 5) is 11.1. The number of carbonyl (C=O) groups is 1. The molecule has 0 saturated heterocycles. The van der Waals surface area contributed by atoms with Crippen LogP contribution in [0.15, 0.2) is 17.0 Å². The summed E-state index contributed by atoms with van der Waals surface area (Å²) < 4.78 is 38.1. The Kier molecular flexibility index (Phi) is 3.10. The quantitative estimate of drug-likeness (QED) is 0.525. The minimum atomic E-state index is -4.26. The van der Waals surface area contributed by atoms with Crippen LogP contribution in [0.4, 0.5) is 0 Å². The standard InChI is InChI=1S/C14H16O5S/c1-8(15)19-11-6-12(9-2-3-9)14(20(16,17)18)13(7-11)10-4-5-10/h6-7,9-10H,2-5H2,1H3,(H,16,17,18). The molecule has 0 radical (unpaired) electrons. The molecule has 3 rings (SSSR count). The Labute approximate surface area is 117 Å². The number of hydrogen-bond acceptors (Lipinski definition) is 4. The Balaban J connectivity index is 2.18. The molecule has 0 spiro atoms. The van der Waals surface area contributed by atoms with Crippen LogP contribution in [0, 0.1) is 0 Å². The fourth-order valence-electron chi connectivity index (χ4n) is 2.56. The predicted octanol–water partition coefficient (Wildman–Crippen LogP) is 2.61. The number of ether oxygens (including phenoxy) is 1. The molecule has 0 aromatic heterocycles. The van der Waals surface area contributed by atoms with Gasteiger partial charge in [0.25, 0.3) is 10.1 Å². The van der Waals surface area contributed by atoms with E-state index in [-0.39, 0.29) is 16.7 Å². The Morgan fingerprint density at radius 1 is 1.15 bits per heavy atom. The van der Waals surface area contributed by atoms with Crippen molar-refractivity contribution in [2.45, 2.75) is 49.3 Å². The maximum atomic E-state index is 11.7. The van der Waals surface area contributed by atoms with Gasteiger partial charge in [0.05, 0.1) is 0 Å². The van der Waals surface area contributed by atoms with Crippen molar-refractivity contribution in [1.29, 1.82) is 0 Å². The zero-order chi connectivity index (χ0) is 14.5. The molecular weight excluding hydrogens is 280 g/mol. The number of carbonyl (C=O) groups excluding carboxylic acids is 1. The summed E-state index contributed by atoms with van der Waals surface area (Å²) in [6.45, 7) is 1.31. The predicted molar refractivity (Wildman–Crippen MR) is 71.5 cm³/mol. The maximum Gasteiger partial charge on any atom is 0.308 e. The first-order valence-electron chi connectivity index (χ1n) is 6.70. The summed E-state index contributed by atoms with van der Waals surface area (Å²) in [5.41, 5.74) is 1.18. The first kappa shape index (κ1) is 13.6. The van der Waals surface area contributed by atoms with Crippen LogP contribution in [-0.2, 0) is 14.9 Å². The molecule has 5 nitrogen and oxygen atoms in total. The molecule has 2 saturated carbocycles. The van der Waals surface area contributed by atoms with Gasteiger partial charge in [-0.15, -0.1) is 0 Å². The molecule has 0 amide bonds. The number of benzene rings is 1. The summed E-state index contributed by atoms with van der Waals surface area (Å²) >= 11 is 0. The van der Waals surface area contributed by atoms with Gasteiger partial charge in [0, 0.05) is 6.92 Å². The van der Waals surface area contributed by atoms with Crippen LogP contribution in [-0.4, -0.2) is 18.9 Å². The van der Waals surface area contributed by atoms with Crippen LogP contribution in [0.1, 0.15) is 55.6 Å². The van der Waals surface area contributed by atoms with Gasteiger partial charge < -0.3 is 4.74 Å². The Bertz CT molecular complexity index is 636. The Morgan fingerprint density at radius 2 is 1.60 bits per heavy atom. The van der Waals surface area contributed by atoms with E-state index in [2.05, 4.69) is 0 Å². The molecule has 6 heteroatoms. The SMILES string of the molecule is CC(=O)Oc1cc(C2CC2)c(S(=O)(=O)O)c(C2CC2)c1. The second kappa shape index (κ2) is 4.56. The number of esters is 1. The van der Waals surface area contributed by atoms with Crippen molar-refractivity contribution in [3.05, 3.63) is 23.3 Å². The molecule has 108 valence electrons. The number of rotatable bonds is 4. The Hall–Kier alpha value is -1.40. The lowest BCUT2D eigenvalue weighted by molar-refractivity contribution is -0.131. The van der Waals surface area contributed by atoms with Gasteiger partial charge in [-0.3, -0.25) is 9.35 Å². The van der Waals surface area contributed by atoms with E-state index in [0.29, 0.717) is 16.9 Å². The van der Waals surface area contributed by atoms with Crippen molar-refractivity contribution in [3.8, 4) is 5.75 Å². The number of hydrogen-bond donors (Lipinski definition) is 1. The second-order valence-corrected chi connectivity index (χ2v) is 6.91. The van der Waals surface area contributed by atoms with Gasteiger partial charge in [0.1, 0.15) is 10.6 Å². The van der Waals surface area contributed by atoms with Gasteiger partial charge in [-0.2, -0.15) is 8.42 Å². The zero-order valence-electron chi connectivity index (χ0n) is 11.1. The first-order valence-corrected chi connectivity index (χ1v) is 8.14. The van der Waals surface area contributed by atoms with Gasteiger partial charge in [0.2, 0.25) is 0 Å². The van der Waals surface area contributed by atoms with Crippen LogP contribution >= 0.6 is 0 Å². The van der Waals surface area contributed by atoms with Crippen molar-refractivity contribution < 1.29 is 22.5 Å². The van der Waals surface area contributed by atoms with Gasteiger partial charge in [-0.25, -0.2) is 0 Å². The monoisotopic (exact) mass is 296 g/mol. The van der Waals surface area contributed by atoms with Crippen LogP contribution in [0.25, 0.3) is 0 Å². The lowest BCUT2D eigenvalue weighted by atomic mass is 10.0. The van der Waals surface area contributed by atoms with E-state index in [0.717, 1.165) is 25.7 Å². The average molecular weight is 296 g/mol. The third kappa shape index (κ3) is 2.71. The van der Waals surface area contributed by atoms with Crippen LogP contribution in [0.2, 0.25) is 0 Å². The molecule has 1 aromatic rings. The van der Waals surface area contributed by atoms with Crippen molar-refractivity contribution in [3.63, 3.8) is 0 Å². The molecule has 1 aromatic carbocycles. The molecule has 2 aliphatic carbocycles. The van der Waals surface area contributed by atoms with E-state index in [1.54, 1.807) is 12.1 Å². The minimum Gasteiger partial charge on any atom is -0.427 e. The van der Waals surface area contributed by atoms with Crippen molar-refractivity contribution in [2.75, 3.05) is 0 Å². The average Bonchev–Trinajstić information content (AvgIpc) is 3.18. The molecule has 20 heavy (non-hydrogen) atoms. The zero-order valence-corrected chi connectivity index (χ0v) is 11.9. The maximum absolute atomic E-state index is 11.7. The highest BCUT2D eigenvalue weighted by molar-refractivity contribution is 7.86. The lowest BCUT2D eigenvalue weighted by Crippen LogP contribution is -2.09. The topological polar surface area (TPSA) is 80.7 Å². The van der Waals surface area contributed by atoms with Gasteiger partial charge in [-0.1, -0.05) is 0 Å². The van der Waals surface area contributed by atoms with Gasteiger partial charge in [-0.05, 0) is 60.8 Å². The fourth-order valence-corrected chi connectivity index (χ4v) is 3.61. The Morgan fingerprint density at radius 3 is 1.90 bits per heavy atom. The van der Waals surface area contributed by atoms with E-state index < -0.39 is 16.1 Å². The molecule has 0 heterocycles. The highest BCUT2D eigenvalue weighted by atomic mass is 32.2. The third-order valence-electron chi connectivity index (χ3n) is 3.67. The molecule has 0 unspecified atom stereocenters. The van der Waals surface area contributed by atoms with Gasteiger partial charge in [0.15, 0.2) is 0 Å². The highest BCUT2D eigenvalue weighted by Gasteiger charge is 2.37. The van der Waals surface area contributed by atoms with E-state index in [1.807, 2.05) is 0 Å². The first-order chi connectivity index (χ1) is 9.36.